The van der Waals surface area contributed by atoms with E-state index in [1.54, 1.807) is 23.9 Å². The Morgan fingerprint density at radius 3 is 2.56 bits per heavy atom. The molecule has 36 heavy (non-hydrogen) atoms. The molecule has 1 heterocycles. The number of benzene rings is 2. The number of nitrogens with zero attached hydrogens (tertiary/aromatic N) is 2. The maximum atomic E-state index is 13.2. The maximum absolute atomic E-state index is 13.2. The Morgan fingerprint density at radius 2 is 1.92 bits per heavy atom. The third-order valence-corrected chi connectivity index (χ3v) is 6.98. The van der Waals surface area contributed by atoms with Crippen molar-refractivity contribution in [2.24, 2.45) is 5.92 Å². The van der Waals surface area contributed by atoms with E-state index in [0.717, 1.165) is 35.3 Å². The van der Waals surface area contributed by atoms with Crippen molar-refractivity contribution in [3.63, 3.8) is 0 Å². The molecule has 0 aliphatic carbocycles. The zero-order valence-electron chi connectivity index (χ0n) is 21.3. The van der Waals surface area contributed by atoms with E-state index >= 15 is 0 Å². The summed E-state index contributed by atoms with van der Waals surface area (Å²) in [5.41, 5.74) is 3.54. The lowest BCUT2D eigenvalue weighted by Crippen LogP contribution is -2.39. The van der Waals surface area contributed by atoms with Gasteiger partial charge in [-0.3, -0.25) is 4.79 Å². The lowest BCUT2D eigenvalue weighted by molar-refractivity contribution is 0.0947. The Labute approximate surface area is 223 Å². The topological polar surface area (TPSA) is 68.2 Å². The summed E-state index contributed by atoms with van der Waals surface area (Å²) in [4.78, 5) is 13.2. The van der Waals surface area contributed by atoms with Gasteiger partial charge in [0.25, 0.3) is 5.91 Å². The monoisotopic (exact) mass is 528 g/mol. The second kappa shape index (κ2) is 12.9. The van der Waals surface area contributed by atoms with Crippen LogP contribution in [0.3, 0.4) is 0 Å². The second-order valence-electron chi connectivity index (χ2n) is 8.75. The zero-order valence-corrected chi connectivity index (χ0v) is 22.8. The van der Waals surface area contributed by atoms with Crippen LogP contribution >= 0.6 is 23.2 Å². The largest absolute Gasteiger partial charge is 0.495 e. The molecule has 0 aliphatic heterocycles. The molecule has 3 rings (SSSR count). The van der Waals surface area contributed by atoms with E-state index in [-0.39, 0.29) is 5.91 Å². The predicted molar refractivity (Wildman–Crippen MR) is 149 cm³/mol. The first-order valence-electron chi connectivity index (χ1n) is 12.1. The van der Waals surface area contributed by atoms with Crippen molar-refractivity contribution in [3.8, 4) is 22.7 Å². The van der Waals surface area contributed by atoms with Gasteiger partial charge in [0.1, 0.15) is 5.75 Å². The zero-order chi connectivity index (χ0) is 26.2. The Kier molecular flexibility index (Phi) is 9.99. The summed E-state index contributed by atoms with van der Waals surface area (Å²) in [5.74, 6) is 0.821. The predicted octanol–water partition coefficient (Wildman–Crippen LogP) is 6.47. The fourth-order valence-corrected chi connectivity index (χ4v) is 4.61. The molecule has 0 aliphatic rings. The molecule has 0 fully saturated rings. The maximum Gasteiger partial charge on any atom is 0.272 e. The molecule has 192 valence electrons. The third kappa shape index (κ3) is 6.49. The smallest absolute Gasteiger partial charge is 0.272 e. The average molecular weight is 530 g/mol. The highest BCUT2D eigenvalue weighted by Gasteiger charge is 2.23. The first-order valence-corrected chi connectivity index (χ1v) is 12.9. The minimum atomic E-state index is -0.227. The number of nitrogens with one attached hydrogen (secondary N) is 2. The number of methoxy groups -OCH3 is 1. The molecule has 0 bridgehead atoms. The highest BCUT2D eigenvalue weighted by molar-refractivity contribution is 6.32. The van der Waals surface area contributed by atoms with Crippen LogP contribution in [0.25, 0.3) is 16.9 Å². The third-order valence-electron chi connectivity index (χ3n) is 6.41. The summed E-state index contributed by atoms with van der Waals surface area (Å²) in [6, 6.07) is 13.2. The fraction of sp³-hybridized carbons (Fsp3) is 0.357. The van der Waals surface area contributed by atoms with Crippen LogP contribution in [0.15, 0.2) is 55.1 Å². The van der Waals surface area contributed by atoms with Gasteiger partial charge in [-0.05, 0) is 50.5 Å². The molecular weight excluding hydrogens is 495 g/mol. The van der Waals surface area contributed by atoms with Gasteiger partial charge in [-0.15, -0.1) is 6.58 Å². The number of carbonyl (C=O) groups is 1. The van der Waals surface area contributed by atoms with Crippen LogP contribution in [0.5, 0.6) is 5.75 Å². The Hall–Kier alpha value is -2.80. The van der Waals surface area contributed by atoms with E-state index in [9.17, 15) is 4.79 Å². The number of hydrogen-bond donors (Lipinski definition) is 2. The molecule has 3 aromatic rings. The van der Waals surface area contributed by atoms with Crippen LogP contribution in [-0.2, 0) is 0 Å². The van der Waals surface area contributed by atoms with Gasteiger partial charge in [0, 0.05) is 41.3 Å². The van der Waals surface area contributed by atoms with E-state index < -0.39 is 0 Å². The summed E-state index contributed by atoms with van der Waals surface area (Å²) < 4.78 is 7.14. The first-order chi connectivity index (χ1) is 17.3. The molecule has 2 atom stereocenters. The van der Waals surface area contributed by atoms with E-state index in [1.807, 2.05) is 43.3 Å². The molecule has 6 nitrogen and oxygen atoms in total. The number of aromatic nitrogens is 2. The number of rotatable bonds is 12. The van der Waals surface area contributed by atoms with E-state index in [0.29, 0.717) is 46.5 Å². The molecule has 1 aromatic heterocycles. The van der Waals surface area contributed by atoms with Gasteiger partial charge in [-0.1, -0.05) is 54.8 Å². The molecule has 2 unspecified atom stereocenters. The molecule has 0 spiro atoms. The van der Waals surface area contributed by atoms with Gasteiger partial charge in [-0.2, -0.15) is 5.10 Å². The minimum Gasteiger partial charge on any atom is -0.495 e. The fourth-order valence-electron chi connectivity index (χ4n) is 4.29. The van der Waals surface area contributed by atoms with Crippen LogP contribution in [0, 0.1) is 12.8 Å². The van der Waals surface area contributed by atoms with Crippen LogP contribution < -0.4 is 15.4 Å². The standard InChI is InChI=1S/C28H34Cl2N4O2/c1-6-8-20(7-2)19(4)31-15-16-32-28(35)26-18(3)27(21-9-11-22(29)12-10-21)34(33-26)23-13-14-24(30)25(17-23)36-5/h6,9-14,17,19-20,31H,1,7-8,15-16H2,2-5H3,(H,32,35). The summed E-state index contributed by atoms with van der Waals surface area (Å²) in [5, 5.41) is 12.3. The molecule has 0 saturated heterocycles. The van der Waals surface area contributed by atoms with Gasteiger partial charge >= 0.3 is 0 Å². The second-order valence-corrected chi connectivity index (χ2v) is 9.59. The highest BCUT2D eigenvalue weighted by atomic mass is 35.5. The molecule has 0 radical (unpaired) electrons. The quantitative estimate of drug-likeness (QED) is 0.208. The van der Waals surface area contributed by atoms with Crippen molar-refractivity contribution < 1.29 is 9.53 Å². The number of ether oxygens (including phenoxy) is 1. The number of halogens is 2. The Balaban J connectivity index is 1.85. The minimum absolute atomic E-state index is 0.227. The Morgan fingerprint density at radius 1 is 1.19 bits per heavy atom. The summed E-state index contributed by atoms with van der Waals surface area (Å²) in [6.07, 6.45) is 4.00. The number of hydrogen-bond acceptors (Lipinski definition) is 4. The normalized spacial score (nSPS) is 12.7. The van der Waals surface area contributed by atoms with Crippen LogP contribution in [0.2, 0.25) is 10.0 Å². The lowest BCUT2D eigenvalue weighted by Gasteiger charge is -2.22. The molecule has 1 amide bonds. The van der Waals surface area contributed by atoms with Crippen LogP contribution in [-0.4, -0.2) is 41.9 Å². The number of amides is 1. The first kappa shape index (κ1) is 27.8. The summed E-state index contributed by atoms with van der Waals surface area (Å²) >= 11 is 12.4. The molecular formula is C28H34Cl2N4O2. The van der Waals surface area contributed by atoms with Gasteiger partial charge in [0.15, 0.2) is 5.69 Å². The Bertz CT molecular complexity index is 1190. The van der Waals surface area contributed by atoms with Gasteiger partial charge in [0.05, 0.1) is 23.5 Å². The van der Waals surface area contributed by atoms with Crippen molar-refractivity contribution in [1.29, 1.82) is 0 Å². The molecule has 0 saturated carbocycles. The van der Waals surface area contributed by atoms with Crippen molar-refractivity contribution >= 4 is 29.1 Å². The van der Waals surface area contributed by atoms with Crippen LogP contribution in [0.1, 0.15) is 42.7 Å². The van der Waals surface area contributed by atoms with Crippen molar-refractivity contribution in [1.82, 2.24) is 20.4 Å². The van der Waals surface area contributed by atoms with Gasteiger partial charge in [0.2, 0.25) is 0 Å². The van der Waals surface area contributed by atoms with Gasteiger partial charge < -0.3 is 15.4 Å². The van der Waals surface area contributed by atoms with Crippen molar-refractivity contribution in [2.45, 2.75) is 39.7 Å². The number of carbonyl (C=O) groups excluding carboxylic acids is 1. The summed E-state index contributed by atoms with van der Waals surface area (Å²) in [6.45, 7) is 11.3. The lowest BCUT2D eigenvalue weighted by atomic mass is 9.95. The van der Waals surface area contributed by atoms with Gasteiger partial charge in [-0.25, -0.2) is 4.68 Å². The summed E-state index contributed by atoms with van der Waals surface area (Å²) in [7, 11) is 1.56. The SMILES string of the molecule is C=CCC(CC)C(C)NCCNC(=O)c1nn(-c2ccc(Cl)c(OC)c2)c(-c2ccc(Cl)cc2)c1C. The van der Waals surface area contributed by atoms with E-state index in [1.165, 1.54) is 0 Å². The number of allylic oxidation sites excluding steroid dienone is 1. The van der Waals surface area contributed by atoms with Crippen LogP contribution in [0.4, 0.5) is 0 Å². The van der Waals surface area contributed by atoms with E-state index in [2.05, 4.69) is 31.1 Å². The highest BCUT2D eigenvalue weighted by Crippen LogP contribution is 2.33. The van der Waals surface area contributed by atoms with Crippen molar-refractivity contribution in [3.05, 3.63) is 76.4 Å². The van der Waals surface area contributed by atoms with Crippen molar-refractivity contribution in [2.75, 3.05) is 20.2 Å². The van der Waals surface area contributed by atoms with E-state index in [4.69, 9.17) is 33.0 Å². The average Bonchev–Trinajstić information content (AvgIpc) is 3.22. The molecule has 2 N–H and O–H groups in total. The molecule has 2 aromatic carbocycles. The molecule has 8 heteroatoms.